The van der Waals surface area contributed by atoms with E-state index in [1.54, 1.807) is 0 Å². The van der Waals surface area contributed by atoms with Crippen LogP contribution >= 0.6 is 0 Å². The van der Waals surface area contributed by atoms with Crippen molar-refractivity contribution in [2.24, 2.45) is 0 Å². The van der Waals surface area contributed by atoms with E-state index in [0.717, 1.165) is 62.8 Å². The van der Waals surface area contributed by atoms with Gasteiger partial charge in [0.1, 0.15) is 0 Å². The van der Waals surface area contributed by atoms with Crippen LogP contribution in [0.25, 0.3) is 0 Å². The highest BCUT2D eigenvalue weighted by atomic mass is 16.5. The third-order valence-electron chi connectivity index (χ3n) is 6.74. The second-order valence-corrected chi connectivity index (χ2v) is 10.1. The summed E-state index contributed by atoms with van der Waals surface area (Å²) in [5.74, 6) is 2.58. The summed E-state index contributed by atoms with van der Waals surface area (Å²) in [4.78, 5) is 0. The molecule has 0 aliphatic carbocycles. The third-order valence-corrected chi connectivity index (χ3v) is 6.74. The van der Waals surface area contributed by atoms with Crippen LogP contribution in [-0.4, -0.2) is 19.8 Å². The average Bonchev–Trinajstić information content (AvgIpc) is 2.87. The molecule has 0 unspecified atom stereocenters. The molecule has 3 heteroatoms. The van der Waals surface area contributed by atoms with Crippen LogP contribution < -0.4 is 14.2 Å². The zero-order valence-corrected chi connectivity index (χ0v) is 23.9. The van der Waals surface area contributed by atoms with E-state index < -0.39 is 0 Å². The van der Waals surface area contributed by atoms with Gasteiger partial charge < -0.3 is 14.2 Å². The minimum absolute atomic E-state index is 0.734. The quantitative estimate of drug-likeness (QED) is 0.128. The van der Waals surface area contributed by atoms with Gasteiger partial charge in [-0.05, 0) is 43.4 Å². The van der Waals surface area contributed by atoms with Crippen molar-refractivity contribution in [3.8, 4) is 17.2 Å². The molecule has 0 N–H and O–H groups in total. The third kappa shape index (κ3) is 16.1. The van der Waals surface area contributed by atoms with Crippen molar-refractivity contribution in [1.82, 2.24) is 0 Å². The highest BCUT2D eigenvalue weighted by Crippen LogP contribution is 2.39. The summed E-state index contributed by atoms with van der Waals surface area (Å²) in [6.45, 7) is 11.2. The molecule has 0 aliphatic rings. The summed E-state index contributed by atoms with van der Waals surface area (Å²) in [6, 6.07) is 4.34. The minimum Gasteiger partial charge on any atom is -0.490 e. The van der Waals surface area contributed by atoms with Crippen LogP contribution in [0.15, 0.2) is 12.1 Å². The zero-order valence-electron chi connectivity index (χ0n) is 23.9. The van der Waals surface area contributed by atoms with Gasteiger partial charge in [-0.25, -0.2) is 0 Å². The van der Waals surface area contributed by atoms with Gasteiger partial charge in [0.2, 0.25) is 5.75 Å². The second kappa shape index (κ2) is 23.0. The van der Waals surface area contributed by atoms with E-state index >= 15 is 0 Å². The number of hydrogen-bond acceptors (Lipinski definition) is 3. The van der Waals surface area contributed by atoms with Gasteiger partial charge in [0, 0.05) is 0 Å². The molecule has 0 aromatic heterocycles. The highest BCUT2D eigenvalue weighted by molar-refractivity contribution is 5.54. The molecule has 0 spiro atoms. The van der Waals surface area contributed by atoms with Crippen LogP contribution in [0.4, 0.5) is 0 Å². The maximum absolute atomic E-state index is 6.34. The fourth-order valence-corrected chi connectivity index (χ4v) is 4.38. The molecule has 1 rings (SSSR count). The topological polar surface area (TPSA) is 27.7 Å². The standard InChI is InChI=1S/C32H58O3/c1-5-9-12-15-18-21-24-33-30-27-29(8-4)28-31(34-25-22-19-16-13-10-6-2)32(30)35-26-23-20-17-14-11-7-3/h27-28H,5-26H2,1-4H3. The first kappa shape index (κ1) is 31.6. The maximum atomic E-state index is 6.34. The summed E-state index contributed by atoms with van der Waals surface area (Å²) in [5, 5.41) is 0. The molecule has 0 heterocycles. The van der Waals surface area contributed by atoms with Crippen LogP contribution in [-0.2, 0) is 6.42 Å². The predicted octanol–water partition coefficient (Wildman–Crippen LogP) is 10.5. The fourth-order valence-electron chi connectivity index (χ4n) is 4.38. The molecule has 0 atom stereocenters. The van der Waals surface area contributed by atoms with Crippen LogP contribution in [0.1, 0.15) is 149 Å². The number of unbranched alkanes of at least 4 members (excludes halogenated alkanes) is 15. The smallest absolute Gasteiger partial charge is 0.203 e. The summed E-state index contributed by atoms with van der Waals surface area (Å²) < 4.78 is 19.0. The Labute approximate surface area is 218 Å². The van der Waals surface area contributed by atoms with Gasteiger partial charge in [-0.1, -0.05) is 124 Å². The summed E-state index contributed by atoms with van der Waals surface area (Å²) in [6.07, 6.45) is 23.8. The van der Waals surface area contributed by atoms with E-state index in [0.29, 0.717) is 0 Å². The van der Waals surface area contributed by atoms with E-state index in [4.69, 9.17) is 14.2 Å². The molecule has 0 fully saturated rings. The largest absolute Gasteiger partial charge is 0.490 e. The lowest BCUT2D eigenvalue weighted by molar-refractivity contribution is 0.234. The van der Waals surface area contributed by atoms with E-state index in [1.807, 2.05) is 0 Å². The van der Waals surface area contributed by atoms with Gasteiger partial charge in [-0.15, -0.1) is 0 Å². The van der Waals surface area contributed by atoms with Crippen LogP contribution in [0.3, 0.4) is 0 Å². The Bertz CT molecular complexity index is 559. The molecule has 0 aliphatic heterocycles. The normalized spacial score (nSPS) is 11.1. The molecule has 0 bridgehead atoms. The first-order valence-corrected chi connectivity index (χ1v) is 15.3. The van der Waals surface area contributed by atoms with Crippen molar-refractivity contribution in [3.63, 3.8) is 0 Å². The minimum atomic E-state index is 0.734. The summed E-state index contributed by atoms with van der Waals surface area (Å²) in [5.41, 5.74) is 1.26. The van der Waals surface area contributed by atoms with Gasteiger partial charge in [0.15, 0.2) is 11.5 Å². The SMILES string of the molecule is CCCCCCCCOc1cc(CC)cc(OCCCCCCCC)c1OCCCCCCCC. The van der Waals surface area contributed by atoms with Crippen LogP contribution in [0, 0.1) is 0 Å². The fraction of sp³-hybridized carbons (Fsp3) is 0.812. The number of hydrogen-bond donors (Lipinski definition) is 0. The van der Waals surface area contributed by atoms with Gasteiger partial charge in [-0.3, -0.25) is 0 Å². The first-order valence-electron chi connectivity index (χ1n) is 15.3. The number of rotatable bonds is 25. The molecule has 0 saturated carbocycles. The molecule has 0 saturated heterocycles. The molecule has 35 heavy (non-hydrogen) atoms. The van der Waals surface area contributed by atoms with Gasteiger partial charge >= 0.3 is 0 Å². The molecular formula is C32H58O3. The van der Waals surface area contributed by atoms with Crippen molar-refractivity contribution in [2.45, 2.75) is 150 Å². The number of benzene rings is 1. The average molecular weight is 491 g/mol. The van der Waals surface area contributed by atoms with Crippen molar-refractivity contribution in [1.29, 1.82) is 0 Å². The molecule has 0 radical (unpaired) electrons. The van der Waals surface area contributed by atoms with Crippen LogP contribution in [0.2, 0.25) is 0 Å². The van der Waals surface area contributed by atoms with E-state index in [-0.39, 0.29) is 0 Å². The zero-order chi connectivity index (χ0) is 25.4. The second-order valence-electron chi connectivity index (χ2n) is 10.1. The Balaban J connectivity index is 2.69. The highest BCUT2D eigenvalue weighted by Gasteiger charge is 2.15. The predicted molar refractivity (Wildman–Crippen MR) is 152 cm³/mol. The maximum Gasteiger partial charge on any atom is 0.203 e. The number of ether oxygens (including phenoxy) is 3. The van der Waals surface area contributed by atoms with E-state index in [2.05, 4.69) is 39.8 Å². The lowest BCUT2D eigenvalue weighted by Gasteiger charge is -2.19. The van der Waals surface area contributed by atoms with Crippen LogP contribution in [0.5, 0.6) is 17.2 Å². The molecule has 3 nitrogen and oxygen atoms in total. The molecule has 0 amide bonds. The molecule has 1 aromatic rings. The molecule has 1 aromatic carbocycles. The Morgan fingerprint density at radius 2 is 0.771 bits per heavy atom. The lowest BCUT2D eigenvalue weighted by atomic mass is 10.1. The van der Waals surface area contributed by atoms with Crippen molar-refractivity contribution in [2.75, 3.05) is 19.8 Å². The van der Waals surface area contributed by atoms with Gasteiger partial charge in [0.05, 0.1) is 19.8 Å². The summed E-state index contributed by atoms with van der Waals surface area (Å²) >= 11 is 0. The van der Waals surface area contributed by atoms with E-state index in [1.165, 1.54) is 102 Å². The molecule has 204 valence electrons. The van der Waals surface area contributed by atoms with Crippen molar-refractivity contribution >= 4 is 0 Å². The van der Waals surface area contributed by atoms with Crippen molar-refractivity contribution in [3.05, 3.63) is 17.7 Å². The Morgan fingerprint density at radius 3 is 1.14 bits per heavy atom. The van der Waals surface area contributed by atoms with Gasteiger partial charge in [0.25, 0.3) is 0 Å². The number of aryl methyl sites for hydroxylation is 1. The van der Waals surface area contributed by atoms with Gasteiger partial charge in [-0.2, -0.15) is 0 Å². The monoisotopic (exact) mass is 490 g/mol. The Morgan fingerprint density at radius 1 is 0.429 bits per heavy atom. The van der Waals surface area contributed by atoms with E-state index in [9.17, 15) is 0 Å². The Kier molecular flexibility index (Phi) is 20.8. The van der Waals surface area contributed by atoms with Crippen molar-refractivity contribution < 1.29 is 14.2 Å². The first-order chi connectivity index (χ1) is 17.3. The molecular weight excluding hydrogens is 432 g/mol. The lowest BCUT2D eigenvalue weighted by Crippen LogP contribution is -2.07. The Hall–Kier alpha value is -1.38. The summed E-state index contributed by atoms with van der Waals surface area (Å²) in [7, 11) is 0.